The van der Waals surface area contributed by atoms with Crippen molar-refractivity contribution in [2.75, 3.05) is 19.6 Å². The average Bonchev–Trinajstić information content (AvgIpc) is 3.23. The van der Waals surface area contributed by atoms with Gasteiger partial charge in [0, 0.05) is 25.2 Å². The SMILES string of the molecule is Cc1cc(C)c(C(=O)N2CCC[C@@H](CNS(=O)(=O)c3cccs3)C2)o1. The van der Waals surface area contributed by atoms with Crippen LogP contribution in [0.3, 0.4) is 0 Å². The molecule has 1 aliphatic heterocycles. The van der Waals surface area contributed by atoms with Crippen LogP contribution in [0.25, 0.3) is 0 Å². The van der Waals surface area contributed by atoms with Crippen molar-refractivity contribution < 1.29 is 17.6 Å². The van der Waals surface area contributed by atoms with E-state index in [-0.39, 0.29) is 11.8 Å². The Morgan fingerprint density at radius 3 is 2.88 bits per heavy atom. The molecule has 3 rings (SSSR count). The van der Waals surface area contributed by atoms with Gasteiger partial charge in [-0.05, 0) is 50.1 Å². The normalized spacial score (nSPS) is 18.5. The maximum Gasteiger partial charge on any atom is 0.289 e. The predicted octanol–water partition coefficient (Wildman–Crippen LogP) is 2.79. The summed E-state index contributed by atoms with van der Waals surface area (Å²) in [6.07, 6.45) is 1.75. The van der Waals surface area contributed by atoms with Crippen LogP contribution < -0.4 is 4.72 Å². The van der Waals surface area contributed by atoms with Gasteiger partial charge >= 0.3 is 0 Å². The Kier molecular flexibility index (Phi) is 5.31. The number of sulfonamides is 1. The van der Waals surface area contributed by atoms with Gasteiger partial charge < -0.3 is 9.32 Å². The van der Waals surface area contributed by atoms with Gasteiger partial charge in [0.2, 0.25) is 10.0 Å². The molecule has 1 fully saturated rings. The van der Waals surface area contributed by atoms with Gasteiger partial charge in [0.1, 0.15) is 9.97 Å². The molecule has 0 radical (unpaired) electrons. The fourth-order valence-corrected chi connectivity index (χ4v) is 5.28. The fraction of sp³-hybridized carbons (Fsp3) is 0.471. The molecule has 2 aromatic rings. The molecular formula is C17H22N2O4S2. The number of hydrogen-bond donors (Lipinski definition) is 1. The number of carbonyl (C=O) groups excluding carboxylic acids is 1. The van der Waals surface area contributed by atoms with Gasteiger partial charge in [0.05, 0.1) is 0 Å². The highest BCUT2D eigenvalue weighted by molar-refractivity contribution is 7.91. The molecule has 0 bridgehead atoms. The van der Waals surface area contributed by atoms with Crippen LogP contribution in [0.2, 0.25) is 0 Å². The summed E-state index contributed by atoms with van der Waals surface area (Å²) in [4.78, 5) is 14.4. The Hall–Kier alpha value is -1.64. The van der Waals surface area contributed by atoms with Crippen molar-refractivity contribution in [1.29, 1.82) is 0 Å². The highest BCUT2D eigenvalue weighted by Gasteiger charge is 2.28. The van der Waals surface area contributed by atoms with Gasteiger partial charge in [0.25, 0.3) is 5.91 Å². The molecule has 0 unspecified atom stereocenters. The number of thiophene rings is 1. The second-order valence-corrected chi connectivity index (χ2v) is 9.35. The van der Waals surface area contributed by atoms with Crippen LogP contribution in [0, 0.1) is 19.8 Å². The molecule has 0 aromatic carbocycles. The largest absolute Gasteiger partial charge is 0.456 e. The van der Waals surface area contributed by atoms with E-state index in [1.807, 2.05) is 19.9 Å². The topological polar surface area (TPSA) is 79.6 Å². The second kappa shape index (κ2) is 7.31. The monoisotopic (exact) mass is 382 g/mol. The Labute approximate surface area is 151 Å². The number of amides is 1. The summed E-state index contributed by atoms with van der Waals surface area (Å²) in [6, 6.07) is 5.16. The standard InChI is InChI=1S/C17H22N2O4S2/c1-12-9-13(2)23-16(12)17(20)19-7-3-5-14(11-19)10-18-25(21,22)15-6-4-8-24-15/h4,6,8-9,14,18H,3,5,7,10-11H2,1-2H3/t14-/m0/s1. The van der Waals surface area contributed by atoms with E-state index in [1.165, 1.54) is 11.3 Å². The summed E-state index contributed by atoms with van der Waals surface area (Å²) in [6.45, 7) is 5.22. The zero-order valence-corrected chi connectivity index (χ0v) is 16.0. The second-order valence-electron chi connectivity index (χ2n) is 6.41. The lowest BCUT2D eigenvalue weighted by Crippen LogP contribution is -2.43. The highest BCUT2D eigenvalue weighted by atomic mass is 32.2. The minimum absolute atomic E-state index is 0.101. The van der Waals surface area contributed by atoms with Crippen LogP contribution in [0.1, 0.15) is 34.7 Å². The van der Waals surface area contributed by atoms with Crippen molar-refractivity contribution in [3.8, 4) is 0 Å². The van der Waals surface area contributed by atoms with E-state index in [2.05, 4.69) is 4.72 Å². The first-order chi connectivity index (χ1) is 11.9. The number of furan rings is 1. The van der Waals surface area contributed by atoms with Gasteiger partial charge in [-0.2, -0.15) is 0 Å². The van der Waals surface area contributed by atoms with Crippen molar-refractivity contribution in [3.05, 3.63) is 40.7 Å². The Morgan fingerprint density at radius 2 is 2.24 bits per heavy atom. The van der Waals surface area contributed by atoms with Gasteiger partial charge in [-0.15, -0.1) is 11.3 Å². The van der Waals surface area contributed by atoms with Crippen LogP contribution in [-0.2, 0) is 10.0 Å². The summed E-state index contributed by atoms with van der Waals surface area (Å²) >= 11 is 1.20. The molecule has 6 nitrogen and oxygen atoms in total. The Bertz CT molecular complexity index is 840. The fourth-order valence-electron chi connectivity index (χ4n) is 3.13. The number of likely N-dealkylation sites (tertiary alicyclic amines) is 1. The minimum Gasteiger partial charge on any atom is -0.456 e. The number of nitrogens with one attached hydrogen (secondary N) is 1. The Morgan fingerprint density at radius 1 is 1.44 bits per heavy atom. The van der Waals surface area contributed by atoms with E-state index in [0.717, 1.165) is 24.2 Å². The molecule has 8 heteroatoms. The molecule has 1 amide bonds. The quantitative estimate of drug-likeness (QED) is 0.862. The third-order valence-corrected chi connectivity index (χ3v) is 7.18. The predicted molar refractivity (Wildman–Crippen MR) is 96.3 cm³/mol. The van der Waals surface area contributed by atoms with Gasteiger partial charge in [-0.3, -0.25) is 4.79 Å². The van der Waals surface area contributed by atoms with Gasteiger partial charge in [0.15, 0.2) is 5.76 Å². The number of aryl methyl sites for hydroxylation is 2. The zero-order valence-electron chi connectivity index (χ0n) is 14.3. The summed E-state index contributed by atoms with van der Waals surface area (Å²) in [5, 5.41) is 1.74. The molecule has 2 aromatic heterocycles. The van der Waals surface area contributed by atoms with E-state index in [4.69, 9.17) is 4.42 Å². The lowest BCUT2D eigenvalue weighted by Gasteiger charge is -2.32. The first-order valence-corrected chi connectivity index (χ1v) is 10.6. The molecule has 0 saturated carbocycles. The van der Waals surface area contributed by atoms with Crippen LogP contribution in [-0.4, -0.2) is 38.9 Å². The average molecular weight is 383 g/mol. The molecule has 0 aliphatic carbocycles. The van der Waals surface area contributed by atoms with Crippen LogP contribution in [0.5, 0.6) is 0 Å². The van der Waals surface area contributed by atoms with E-state index >= 15 is 0 Å². The third kappa shape index (κ3) is 4.13. The zero-order chi connectivity index (χ0) is 18.0. The summed E-state index contributed by atoms with van der Waals surface area (Å²) < 4.78 is 33.0. The third-order valence-electron chi connectivity index (χ3n) is 4.36. The summed E-state index contributed by atoms with van der Waals surface area (Å²) in [5.74, 6) is 1.09. The number of hydrogen-bond acceptors (Lipinski definition) is 5. The molecule has 1 atom stereocenters. The minimum atomic E-state index is -3.46. The van der Waals surface area contributed by atoms with Crippen molar-refractivity contribution in [2.24, 2.45) is 5.92 Å². The molecule has 3 heterocycles. The van der Waals surface area contributed by atoms with E-state index in [0.29, 0.717) is 29.6 Å². The van der Waals surface area contributed by atoms with Crippen molar-refractivity contribution in [3.63, 3.8) is 0 Å². The molecule has 1 N–H and O–H groups in total. The van der Waals surface area contributed by atoms with Gasteiger partial charge in [-0.1, -0.05) is 6.07 Å². The first-order valence-electron chi connectivity index (χ1n) is 8.26. The van der Waals surface area contributed by atoms with Crippen LogP contribution in [0.4, 0.5) is 0 Å². The van der Waals surface area contributed by atoms with Crippen molar-refractivity contribution in [1.82, 2.24) is 9.62 Å². The molecule has 25 heavy (non-hydrogen) atoms. The molecular weight excluding hydrogens is 360 g/mol. The van der Waals surface area contributed by atoms with E-state index in [9.17, 15) is 13.2 Å². The van der Waals surface area contributed by atoms with E-state index < -0.39 is 10.0 Å². The summed E-state index contributed by atoms with van der Waals surface area (Å²) in [5.41, 5.74) is 0.836. The van der Waals surface area contributed by atoms with E-state index in [1.54, 1.807) is 22.4 Å². The number of carbonyl (C=O) groups is 1. The summed E-state index contributed by atoms with van der Waals surface area (Å²) in [7, 11) is -3.46. The van der Waals surface area contributed by atoms with Crippen LogP contribution >= 0.6 is 11.3 Å². The molecule has 136 valence electrons. The van der Waals surface area contributed by atoms with Crippen molar-refractivity contribution >= 4 is 27.3 Å². The van der Waals surface area contributed by atoms with Crippen molar-refractivity contribution in [2.45, 2.75) is 30.9 Å². The van der Waals surface area contributed by atoms with Gasteiger partial charge in [-0.25, -0.2) is 13.1 Å². The number of nitrogens with zero attached hydrogens (tertiary/aromatic N) is 1. The lowest BCUT2D eigenvalue weighted by molar-refractivity contribution is 0.0642. The Balaban J connectivity index is 1.62. The number of piperidine rings is 1. The first kappa shape index (κ1) is 18.2. The number of rotatable bonds is 5. The molecule has 0 spiro atoms. The highest BCUT2D eigenvalue weighted by Crippen LogP contribution is 2.22. The van der Waals surface area contributed by atoms with Crippen LogP contribution in [0.15, 0.2) is 32.2 Å². The maximum absolute atomic E-state index is 12.7. The maximum atomic E-state index is 12.7. The lowest BCUT2D eigenvalue weighted by atomic mass is 9.98. The molecule has 1 saturated heterocycles. The molecule has 1 aliphatic rings. The smallest absolute Gasteiger partial charge is 0.289 e.